The quantitative estimate of drug-likeness (QED) is 0.383. The Kier molecular flexibility index (Phi) is 8.83. The van der Waals surface area contributed by atoms with Gasteiger partial charge in [-0.05, 0) is 31.2 Å². The number of methoxy groups -OCH3 is 1. The topological polar surface area (TPSA) is 95.9 Å². The first-order valence-electron chi connectivity index (χ1n) is 11.6. The van der Waals surface area contributed by atoms with Crippen molar-refractivity contribution in [3.63, 3.8) is 0 Å². The van der Waals surface area contributed by atoms with Crippen LogP contribution >= 0.6 is 34.8 Å². The Bertz CT molecular complexity index is 1400. The fourth-order valence-electron chi connectivity index (χ4n) is 3.99. The van der Waals surface area contributed by atoms with Crippen molar-refractivity contribution >= 4 is 63.8 Å². The number of aliphatic imine (C=N–C) groups is 1. The second-order valence-corrected chi connectivity index (χ2v) is 9.48. The van der Waals surface area contributed by atoms with Crippen LogP contribution in [0.15, 0.2) is 53.7 Å². The minimum absolute atomic E-state index is 0.0585. The lowest BCUT2D eigenvalue weighted by atomic mass is 10.0. The van der Waals surface area contributed by atoms with Crippen molar-refractivity contribution < 1.29 is 18.7 Å². The van der Waals surface area contributed by atoms with Crippen molar-refractivity contribution in [3.05, 3.63) is 86.2 Å². The molecule has 0 saturated carbocycles. The van der Waals surface area contributed by atoms with E-state index in [-0.39, 0.29) is 27.1 Å². The van der Waals surface area contributed by atoms with E-state index in [1.165, 1.54) is 12.1 Å². The van der Waals surface area contributed by atoms with Crippen LogP contribution in [0.5, 0.6) is 0 Å². The molecule has 2 aromatic carbocycles. The molecule has 1 aliphatic rings. The number of rotatable bonds is 8. The van der Waals surface area contributed by atoms with Crippen molar-refractivity contribution in [2.24, 2.45) is 4.99 Å². The zero-order chi connectivity index (χ0) is 27.4. The Morgan fingerprint density at radius 3 is 2.58 bits per heavy atom. The highest BCUT2D eigenvalue weighted by Gasteiger charge is 2.30. The van der Waals surface area contributed by atoms with Gasteiger partial charge in [-0.2, -0.15) is 0 Å². The van der Waals surface area contributed by atoms with Gasteiger partial charge in [-0.3, -0.25) is 9.59 Å². The number of hydrogen-bond donors (Lipinski definition) is 2. The number of aromatic nitrogens is 1. The normalized spacial score (nSPS) is 14.7. The van der Waals surface area contributed by atoms with Crippen molar-refractivity contribution in [1.29, 1.82) is 0 Å². The number of benzene rings is 2. The van der Waals surface area contributed by atoms with Gasteiger partial charge in [0.2, 0.25) is 6.17 Å². The van der Waals surface area contributed by atoms with Crippen LogP contribution < -0.4 is 15.5 Å². The molecule has 2 heterocycles. The number of nitrogens with zero attached hydrogens (tertiary/aromatic N) is 3. The van der Waals surface area contributed by atoms with Gasteiger partial charge in [0.25, 0.3) is 11.8 Å². The largest absolute Gasteiger partial charge is 0.383 e. The van der Waals surface area contributed by atoms with Crippen LogP contribution in [0.4, 0.5) is 15.9 Å². The highest BCUT2D eigenvalue weighted by atomic mass is 35.5. The van der Waals surface area contributed by atoms with Crippen molar-refractivity contribution in [2.75, 3.05) is 37.0 Å². The number of carbonyl (C=O) groups excluding carboxylic acids is 2. The van der Waals surface area contributed by atoms with Crippen LogP contribution in [0.25, 0.3) is 0 Å². The summed E-state index contributed by atoms with van der Waals surface area (Å²) in [6.45, 7) is 3.14. The van der Waals surface area contributed by atoms with E-state index >= 15 is 0 Å². The summed E-state index contributed by atoms with van der Waals surface area (Å²) in [4.78, 5) is 37.1. The second kappa shape index (κ2) is 12.1. The minimum atomic E-state index is -1.40. The van der Waals surface area contributed by atoms with Gasteiger partial charge < -0.3 is 20.3 Å². The van der Waals surface area contributed by atoms with Crippen LogP contribution in [0, 0.1) is 5.82 Å². The number of para-hydroxylation sites is 1. The van der Waals surface area contributed by atoms with Crippen LogP contribution in [0.1, 0.15) is 28.4 Å². The van der Waals surface area contributed by atoms with E-state index in [0.717, 1.165) is 12.3 Å². The zero-order valence-corrected chi connectivity index (χ0v) is 22.7. The minimum Gasteiger partial charge on any atom is -0.383 e. The number of anilines is 2. The number of pyridine rings is 1. The summed E-state index contributed by atoms with van der Waals surface area (Å²) in [5, 5.41) is 6.12. The van der Waals surface area contributed by atoms with E-state index in [2.05, 4.69) is 20.6 Å². The molecular weight excluding hydrogens is 556 g/mol. The van der Waals surface area contributed by atoms with Crippen LogP contribution in [-0.2, 0) is 9.53 Å². The second-order valence-electron chi connectivity index (χ2n) is 8.23. The van der Waals surface area contributed by atoms with Crippen molar-refractivity contribution in [2.45, 2.75) is 13.1 Å². The third-order valence-corrected chi connectivity index (χ3v) is 6.60. The number of carbonyl (C=O) groups is 2. The predicted molar refractivity (Wildman–Crippen MR) is 147 cm³/mol. The number of likely N-dealkylation sites (N-methyl/N-ethyl adjacent to an activating group) is 1. The van der Waals surface area contributed by atoms with E-state index < -0.39 is 23.8 Å². The molecule has 0 radical (unpaired) electrons. The highest BCUT2D eigenvalue weighted by molar-refractivity contribution is 6.44. The molecule has 0 bridgehead atoms. The maximum Gasteiger partial charge on any atom is 0.269 e. The number of ether oxygens (including phenoxy) is 1. The molecule has 4 rings (SSSR count). The molecule has 3 aromatic rings. The van der Waals surface area contributed by atoms with Gasteiger partial charge in [-0.15, -0.1) is 0 Å². The number of halogens is 4. The molecule has 0 fully saturated rings. The number of hydrogen-bond acceptors (Lipinski definition) is 6. The molecule has 12 heteroatoms. The fraction of sp³-hybridized carbons (Fsp3) is 0.231. The highest BCUT2D eigenvalue weighted by Crippen LogP contribution is 2.34. The summed E-state index contributed by atoms with van der Waals surface area (Å²) in [6.07, 6.45) is -0.380. The molecule has 1 aliphatic heterocycles. The number of fused-ring (bicyclic) bond motifs is 1. The first kappa shape index (κ1) is 27.8. The molecule has 198 valence electrons. The van der Waals surface area contributed by atoms with Gasteiger partial charge in [-0.25, -0.2) is 14.4 Å². The standard InChI is InChI=1S/C26H23Cl3FN5O3/c1-3-35(8-9-38-2)24-17(12-15(30)13-31-24)25(36)34-23-26(37)32-20-7-5-4-6-16(20)22(33-23)21-18(28)10-14(27)11-19(21)29/h4-7,10-13,23H,3,8-9H2,1-2H3,(H,32,37)(H,34,36). The molecule has 1 unspecified atom stereocenters. The number of nitrogens with one attached hydrogen (secondary N) is 2. The molecule has 38 heavy (non-hydrogen) atoms. The first-order valence-corrected chi connectivity index (χ1v) is 12.7. The Morgan fingerprint density at radius 1 is 1.18 bits per heavy atom. The van der Waals surface area contributed by atoms with Crippen molar-refractivity contribution in [3.8, 4) is 0 Å². The zero-order valence-electron chi connectivity index (χ0n) is 20.4. The van der Waals surface area contributed by atoms with Gasteiger partial charge in [-0.1, -0.05) is 53.0 Å². The van der Waals surface area contributed by atoms with E-state index in [0.29, 0.717) is 41.5 Å². The lowest BCUT2D eigenvalue weighted by Gasteiger charge is -2.24. The van der Waals surface area contributed by atoms with Crippen LogP contribution in [0.2, 0.25) is 15.1 Å². The third kappa shape index (κ3) is 5.91. The number of amides is 2. The van der Waals surface area contributed by atoms with Crippen molar-refractivity contribution in [1.82, 2.24) is 10.3 Å². The molecule has 0 saturated heterocycles. The molecule has 0 aliphatic carbocycles. The summed E-state index contributed by atoms with van der Waals surface area (Å²) >= 11 is 19.1. The Balaban J connectivity index is 1.77. The lowest BCUT2D eigenvalue weighted by Crippen LogP contribution is -2.43. The molecule has 0 spiro atoms. The third-order valence-electron chi connectivity index (χ3n) is 5.78. The molecule has 2 amide bonds. The first-order chi connectivity index (χ1) is 18.2. The van der Waals surface area contributed by atoms with Gasteiger partial charge in [0.15, 0.2) is 0 Å². The Hall–Kier alpha value is -3.24. The summed E-state index contributed by atoms with van der Waals surface area (Å²) in [6, 6.07) is 11.0. The molecule has 8 nitrogen and oxygen atoms in total. The van der Waals surface area contributed by atoms with E-state index in [1.54, 1.807) is 36.3 Å². The monoisotopic (exact) mass is 577 g/mol. The smallest absolute Gasteiger partial charge is 0.269 e. The summed E-state index contributed by atoms with van der Waals surface area (Å²) in [7, 11) is 1.55. The lowest BCUT2D eigenvalue weighted by molar-refractivity contribution is -0.117. The van der Waals surface area contributed by atoms with Gasteiger partial charge >= 0.3 is 0 Å². The van der Waals surface area contributed by atoms with E-state index in [9.17, 15) is 14.0 Å². The van der Waals surface area contributed by atoms with Gasteiger partial charge in [0, 0.05) is 36.3 Å². The molecule has 2 N–H and O–H groups in total. The van der Waals surface area contributed by atoms with E-state index in [1.807, 2.05) is 6.92 Å². The van der Waals surface area contributed by atoms with Crippen LogP contribution in [0.3, 0.4) is 0 Å². The van der Waals surface area contributed by atoms with Gasteiger partial charge in [0.05, 0.1) is 39.8 Å². The summed E-state index contributed by atoms with van der Waals surface area (Å²) in [5.41, 5.74) is 1.53. The maximum atomic E-state index is 14.2. The average molecular weight is 579 g/mol. The summed E-state index contributed by atoms with van der Waals surface area (Å²) in [5.74, 6) is -1.82. The fourth-order valence-corrected chi connectivity index (χ4v) is 4.99. The SMILES string of the molecule is CCN(CCOC)c1ncc(F)cc1C(=O)NC1N=C(c2c(Cl)cc(Cl)cc2Cl)c2ccccc2NC1=O. The van der Waals surface area contributed by atoms with Gasteiger partial charge in [0.1, 0.15) is 11.6 Å². The molecular formula is C26H23Cl3FN5O3. The Morgan fingerprint density at radius 2 is 1.89 bits per heavy atom. The maximum absolute atomic E-state index is 14.2. The molecule has 1 aromatic heterocycles. The van der Waals surface area contributed by atoms with Crippen LogP contribution in [-0.4, -0.2) is 55.5 Å². The Labute approximate surface area is 233 Å². The summed E-state index contributed by atoms with van der Waals surface area (Å²) < 4.78 is 19.3. The predicted octanol–water partition coefficient (Wildman–Crippen LogP) is 5.20. The number of benzodiazepines with no additional fused rings is 1. The van der Waals surface area contributed by atoms with E-state index in [4.69, 9.17) is 39.5 Å². The molecule has 1 atom stereocenters. The average Bonchev–Trinajstić information content (AvgIpc) is 3.01.